The summed E-state index contributed by atoms with van der Waals surface area (Å²) in [4.78, 5) is 24.0. The number of aromatic nitrogens is 4. The van der Waals surface area contributed by atoms with Crippen molar-refractivity contribution in [1.29, 1.82) is 0 Å². The van der Waals surface area contributed by atoms with Crippen LogP contribution in [-0.2, 0) is 6.42 Å². The Morgan fingerprint density at radius 1 is 1.03 bits per heavy atom. The van der Waals surface area contributed by atoms with Gasteiger partial charge in [0.05, 0.1) is 37.3 Å². The monoisotopic (exact) mass is 510 g/mol. The first kappa shape index (κ1) is 21.6. The highest BCUT2D eigenvalue weighted by Gasteiger charge is 2.18. The van der Waals surface area contributed by atoms with Crippen molar-refractivity contribution in [2.24, 2.45) is 0 Å². The molecule has 1 aliphatic rings. The van der Waals surface area contributed by atoms with E-state index in [1.165, 1.54) is 44.1 Å². The molecule has 0 saturated carbocycles. The molecule has 164 valence electrons. The number of quaternary nitrogens is 1. The minimum Gasteiger partial charge on any atom is -0.335 e. The van der Waals surface area contributed by atoms with Gasteiger partial charge in [0.15, 0.2) is 22.4 Å². The zero-order valence-electron chi connectivity index (χ0n) is 17.8. The first-order valence-electron chi connectivity index (χ1n) is 11.1. The third-order valence-corrected chi connectivity index (χ3v) is 7.41. The van der Waals surface area contributed by atoms with Crippen LogP contribution in [0.1, 0.15) is 35.4 Å². The van der Waals surface area contributed by atoms with Gasteiger partial charge in [-0.1, -0.05) is 52.0 Å². The lowest BCUT2D eigenvalue weighted by molar-refractivity contribution is -0.904. The number of hydrogen-bond donors (Lipinski definition) is 1. The second-order valence-electron chi connectivity index (χ2n) is 8.20. The predicted molar refractivity (Wildman–Crippen MR) is 131 cm³/mol. The number of carbonyl (C=O) groups excluding carboxylic acids is 1. The van der Waals surface area contributed by atoms with Crippen molar-refractivity contribution in [2.75, 3.05) is 25.4 Å². The number of hydrogen-bond acceptors (Lipinski definition) is 5. The maximum atomic E-state index is 12.7. The molecular formula is C24H25BrN5OS+. The maximum absolute atomic E-state index is 12.7. The van der Waals surface area contributed by atoms with E-state index in [1.54, 1.807) is 4.90 Å². The predicted octanol–water partition coefficient (Wildman–Crippen LogP) is 3.63. The van der Waals surface area contributed by atoms with Crippen LogP contribution in [0.4, 0.5) is 0 Å². The van der Waals surface area contributed by atoms with E-state index in [-0.39, 0.29) is 5.78 Å². The second kappa shape index (κ2) is 9.68. The lowest BCUT2D eigenvalue weighted by atomic mass is 10.1. The fraction of sp³-hybridized carbons (Fsp3) is 0.333. The van der Waals surface area contributed by atoms with Gasteiger partial charge < -0.3 is 4.90 Å². The van der Waals surface area contributed by atoms with E-state index in [1.807, 2.05) is 53.0 Å². The molecule has 0 amide bonds. The number of Topliss-reactive ketones (excluding diaryl/α,β-unsaturated/α-hetero) is 1. The molecule has 0 unspecified atom stereocenters. The van der Waals surface area contributed by atoms with Crippen molar-refractivity contribution < 1.29 is 9.69 Å². The number of para-hydroxylation sites is 1. The number of benzene rings is 2. The van der Waals surface area contributed by atoms with E-state index < -0.39 is 0 Å². The number of rotatable bonds is 7. The minimum absolute atomic E-state index is 0.0691. The Morgan fingerprint density at radius 2 is 1.81 bits per heavy atom. The van der Waals surface area contributed by atoms with Crippen molar-refractivity contribution in [3.8, 4) is 0 Å². The van der Waals surface area contributed by atoms with Crippen molar-refractivity contribution in [2.45, 2.75) is 30.8 Å². The zero-order chi connectivity index (χ0) is 21.9. The van der Waals surface area contributed by atoms with E-state index in [2.05, 4.69) is 15.9 Å². The van der Waals surface area contributed by atoms with Crippen LogP contribution in [0.5, 0.6) is 0 Å². The van der Waals surface area contributed by atoms with Crippen molar-refractivity contribution >= 4 is 50.0 Å². The molecule has 0 atom stereocenters. The summed E-state index contributed by atoms with van der Waals surface area (Å²) in [7, 11) is 0. The number of likely N-dealkylation sites (tertiary alicyclic amines) is 1. The maximum Gasteiger partial charge on any atom is 0.192 e. The molecule has 1 saturated heterocycles. The van der Waals surface area contributed by atoms with Gasteiger partial charge in [0.2, 0.25) is 0 Å². The second-order valence-corrected chi connectivity index (χ2v) is 10.1. The molecule has 3 heterocycles. The molecule has 0 bridgehead atoms. The third-order valence-electron chi connectivity index (χ3n) is 5.95. The molecule has 2 aromatic carbocycles. The van der Waals surface area contributed by atoms with Crippen LogP contribution in [0.15, 0.2) is 58.2 Å². The Hall–Kier alpha value is -2.29. The van der Waals surface area contributed by atoms with E-state index >= 15 is 0 Å². The number of fused-ring (bicyclic) bond motifs is 3. The van der Waals surface area contributed by atoms with Gasteiger partial charge in [0, 0.05) is 15.4 Å². The Bertz CT molecular complexity index is 1250. The number of nitrogens with zero attached hydrogens (tertiary/aromatic N) is 4. The van der Waals surface area contributed by atoms with Gasteiger partial charge in [-0.15, -0.1) is 5.10 Å². The first-order chi connectivity index (χ1) is 15.7. The molecule has 6 nitrogen and oxygen atoms in total. The summed E-state index contributed by atoms with van der Waals surface area (Å²) in [5.74, 6) is 1.22. The number of carbonyl (C=O) groups is 1. The Labute approximate surface area is 199 Å². The van der Waals surface area contributed by atoms with Gasteiger partial charge in [-0.25, -0.2) is 9.97 Å². The zero-order valence-corrected chi connectivity index (χ0v) is 20.2. The van der Waals surface area contributed by atoms with Crippen LogP contribution in [0.3, 0.4) is 0 Å². The highest BCUT2D eigenvalue weighted by molar-refractivity contribution is 9.10. The molecule has 5 rings (SSSR count). The molecule has 2 aromatic heterocycles. The van der Waals surface area contributed by atoms with Crippen LogP contribution in [0, 0.1) is 0 Å². The highest BCUT2D eigenvalue weighted by atomic mass is 79.9. The molecule has 0 radical (unpaired) electrons. The van der Waals surface area contributed by atoms with Crippen molar-refractivity contribution in [3.05, 3.63) is 64.4 Å². The van der Waals surface area contributed by atoms with Gasteiger partial charge in [-0.3, -0.25) is 4.79 Å². The quantitative estimate of drug-likeness (QED) is 0.233. The first-order valence-corrected chi connectivity index (χ1v) is 12.8. The number of nitrogens with one attached hydrogen (secondary N) is 1. The standard InChI is InChI=1S/C24H24BrN5OS/c25-18-10-8-17(9-11-18)21(31)16-32-24-26-20-7-3-2-6-19(20)23-27-22(28-30(23)24)12-15-29-13-4-1-5-14-29/h2-3,6-11H,1,4-5,12-16H2/p+1. The molecule has 4 aromatic rings. The Balaban J connectivity index is 1.40. The van der Waals surface area contributed by atoms with Gasteiger partial charge in [0.25, 0.3) is 0 Å². The summed E-state index contributed by atoms with van der Waals surface area (Å²) in [6.07, 6.45) is 4.84. The molecule has 8 heteroatoms. The van der Waals surface area contributed by atoms with Gasteiger partial charge in [0.1, 0.15) is 0 Å². The highest BCUT2D eigenvalue weighted by Crippen LogP contribution is 2.25. The number of piperidine rings is 1. The summed E-state index contributed by atoms with van der Waals surface area (Å²) in [5, 5.41) is 6.49. The van der Waals surface area contributed by atoms with E-state index in [9.17, 15) is 4.79 Å². The molecule has 32 heavy (non-hydrogen) atoms. The van der Waals surface area contributed by atoms with E-state index in [0.717, 1.165) is 39.8 Å². The van der Waals surface area contributed by atoms with Crippen LogP contribution >= 0.6 is 27.7 Å². The van der Waals surface area contributed by atoms with Crippen LogP contribution in [-0.4, -0.2) is 50.8 Å². The molecule has 1 aliphatic heterocycles. The Kier molecular flexibility index (Phi) is 6.52. The van der Waals surface area contributed by atoms with Gasteiger partial charge in [-0.05, 0) is 43.5 Å². The molecule has 0 spiro atoms. The number of thioether (sulfide) groups is 1. The largest absolute Gasteiger partial charge is 0.335 e. The summed E-state index contributed by atoms with van der Waals surface area (Å²) in [6.45, 7) is 3.56. The van der Waals surface area contributed by atoms with E-state index in [4.69, 9.17) is 15.1 Å². The Morgan fingerprint density at radius 3 is 2.62 bits per heavy atom. The minimum atomic E-state index is 0.0691. The van der Waals surface area contributed by atoms with Gasteiger partial charge >= 0.3 is 0 Å². The number of ketones is 1. The summed E-state index contributed by atoms with van der Waals surface area (Å²) >= 11 is 4.83. The van der Waals surface area contributed by atoms with Crippen LogP contribution in [0.2, 0.25) is 0 Å². The molecule has 1 fully saturated rings. The fourth-order valence-corrected chi connectivity index (χ4v) is 5.32. The smallest absolute Gasteiger partial charge is 0.192 e. The SMILES string of the molecule is O=C(CSc1nc2ccccc2c2nc(CC[NH+]3CCCCC3)nn12)c1ccc(Br)cc1. The average molecular weight is 511 g/mol. The lowest BCUT2D eigenvalue weighted by Crippen LogP contribution is -3.13. The summed E-state index contributed by atoms with van der Waals surface area (Å²) < 4.78 is 2.78. The van der Waals surface area contributed by atoms with Gasteiger partial charge in [-0.2, -0.15) is 4.52 Å². The van der Waals surface area contributed by atoms with Crippen molar-refractivity contribution in [1.82, 2.24) is 19.6 Å². The van der Waals surface area contributed by atoms with Crippen molar-refractivity contribution in [3.63, 3.8) is 0 Å². The average Bonchev–Trinajstić information content (AvgIpc) is 3.27. The fourth-order valence-electron chi connectivity index (χ4n) is 4.21. The molecule has 0 aliphatic carbocycles. The topological polar surface area (TPSA) is 64.6 Å². The molecular weight excluding hydrogens is 486 g/mol. The normalized spacial score (nSPS) is 14.9. The van der Waals surface area contributed by atoms with Crippen LogP contribution < -0.4 is 4.90 Å². The van der Waals surface area contributed by atoms with Crippen LogP contribution in [0.25, 0.3) is 16.6 Å². The molecule has 1 N–H and O–H groups in total. The summed E-state index contributed by atoms with van der Waals surface area (Å²) in [6, 6.07) is 15.5. The van der Waals surface area contributed by atoms with E-state index in [0.29, 0.717) is 16.5 Å². The lowest BCUT2D eigenvalue weighted by Gasteiger charge is -2.22. The summed E-state index contributed by atoms with van der Waals surface area (Å²) in [5.41, 5.74) is 2.39. The number of halogens is 1. The third kappa shape index (κ3) is 4.72.